The first kappa shape index (κ1) is 17.5. The number of benzene rings is 1. The lowest BCUT2D eigenvalue weighted by atomic mass is 10.0. The lowest BCUT2D eigenvalue weighted by molar-refractivity contribution is -0.144. The summed E-state index contributed by atoms with van der Waals surface area (Å²) >= 11 is 0. The fourth-order valence-corrected chi connectivity index (χ4v) is 2.41. The molecule has 2 heterocycles. The molecular weight excluding hydrogens is 338 g/mol. The second kappa shape index (κ2) is 7.69. The van der Waals surface area contributed by atoms with E-state index in [0.717, 1.165) is 0 Å². The molecule has 7 nitrogen and oxygen atoms in total. The SMILES string of the molecule is COc1ccc(C(C)=O)cc1CC(=O)OCc1cc(-c2ccco2)on1. The third-order valence-electron chi connectivity index (χ3n) is 3.73. The second-order valence-electron chi connectivity index (χ2n) is 5.58. The van der Waals surface area contributed by atoms with Crippen molar-refractivity contribution in [2.45, 2.75) is 20.0 Å². The monoisotopic (exact) mass is 355 g/mol. The second-order valence-corrected chi connectivity index (χ2v) is 5.58. The summed E-state index contributed by atoms with van der Waals surface area (Å²) in [5.41, 5.74) is 1.56. The molecule has 0 aliphatic rings. The average molecular weight is 355 g/mol. The van der Waals surface area contributed by atoms with Gasteiger partial charge in [-0.15, -0.1) is 0 Å². The van der Waals surface area contributed by atoms with Gasteiger partial charge < -0.3 is 18.4 Å². The highest BCUT2D eigenvalue weighted by Crippen LogP contribution is 2.22. The Kier molecular flexibility index (Phi) is 5.17. The lowest BCUT2D eigenvalue weighted by Crippen LogP contribution is -2.10. The molecule has 0 atom stereocenters. The van der Waals surface area contributed by atoms with Crippen molar-refractivity contribution in [1.29, 1.82) is 0 Å². The van der Waals surface area contributed by atoms with Crippen LogP contribution in [0.1, 0.15) is 28.5 Å². The number of Topliss-reactive ketones (excluding diaryl/α,β-unsaturated/α-hetero) is 1. The summed E-state index contributed by atoms with van der Waals surface area (Å²) in [4.78, 5) is 23.6. The first-order valence-corrected chi connectivity index (χ1v) is 7.89. The lowest BCUT2D eigenvalue weighted by Gasteiger charge is -2.09. The molecule has 26 heavy (non-hydrogen) atoms. The largest absolute Gasteiger partial charge is 0.496 e. The fourth-order valence-electron chi connectivity index (χ4n) is 2.41. The minimum absolute atomic E-state index is 0.0206. The molecule has 3 rings (SSSR count). The third-order valence-corrected chi connectivity index (χ3v) is 3.73. The number of nitrogens with zero attached hydrogens (tertiary/aromatic N) is 1. The first-order chi connectivity index (χ1) is 12.6. The van der Waals surface area contributed by atoms with Crippen LogP contribution in [0.2, 0.25) is 0 Å². The van der Waals surface area contributed by atoms with Crippen molar-refractivity contribution in [2.24, 2.45) is 0 Å². The Balaban J connectivity index is 1.62. The molecule has 0 bridgehead atoms. The number of aromatic nitrogens is 1. The molecule has 0 aliphatic heterocycles. The molecule has 0 amide bonds. The Hall–Kier alpha value is -3.35. The molecule has 0 aliphatic carbocycles. The number of hydrogen-bond acceptors (Lipinski definition) is 7. The van der Waals surface area contributed by atoms with E-state index in [2.05, 4.69) is 5.16 Å². The zero-order valence-corrected chi connectivity index (χ0v) is 14.4. The smallest absolute Gasteiger partial charge is 0.310 e. The Bertz CT molecular complexity index is 910. The minimum Gasteiger partial charge on any atom is -0.496 e. The van der Waals surface area contributed by atoms with E-state index in [1.807, 2.05) is 0 Å². The topological polar surface area (TPSA) is 91.8 Å². The van der Waals surface area contributed by atoms with Gasteiger partial charge >= 0.3 is 5.97 Å². The van der Waals surface area contributed by atoms with E-state index in [1.165, 1.54) is 20.3 Å². The van der Waals surface area contributed by atoms with Crippen molar-refractivity contribution in [3.63, 3.8) is 0 Å². The minimum atomic E-state index is -0.466. The number of carbonyl (C=O) groups is 2. The molecule has 0 fully saturated rings. The molecule has 134 valence electrons. The van der Waals surface area contributed by atoms with Crippen molar-refractivity contribution >= 4 is 11.8 Å². The van der Waals surface area contributed by atoms with Gasteiger partial charge in [0.25, 0.3) is 0 Å². The van der Waals surface area contributed by atoms with E-state index < -0.39 is 5.97 Å². The number of ether oxygens (including phenoxy) is 2. The summed E-state index contributed by atoms with van der Waals surface area (Å²) in [6, 6.07) is 10.1. The summed E-state index contributed by atoms with van der Waals surface area (Å²) in [6.07, 6.45) is 1.51. The molecular formula is C19H17NO6. The van der Waals surface area contributed by atoms with Gasteiger partial charge in [0, 0.05) is 17.2 Å². The maximum atomic E-state index is 12.1. The molecule has 2 aromatic heterocycles. The van der Waals surface area contributed by atoms with Gasteiger partial charge in [-0.05, 0) is 37.3 Å². The van der Waals surface area contributed by atoms with E-state index >= 15 is 0 Å². The summed E-state index contributed by atoms with van der Waals surface area (Å²) in [5.74, 6) is 0.966. The maximum Gasteiger partial charge on any atom is 0.310 e. The molecule has 7 heteroatoms. The van der Waals surface area contributed by atoms with Crippen molar-refractivity contribution in [1.82, 2.24) is 5.16 Å². The highest BCUT2D eigenvalue weighted by atomic mass is 16.5. The number of hydrogen-bond donors (Lipinski definition) is 0. The maximum absolute atomic E-state index is 12.1. The highest BCUT2D eigenvalue weighted by Gasteiger charge is 2.14. The first-order valence-electron chi connectivity index (χ1n) is 7.89. The van der Waals surface area contributed by atoms with Crippen molar-refractivity contribution in [2.75, 3.05) is 7.11 Å². The van der Waals surface area contributed by atoms with Gasteiger partial charge in [-0.3, -0.25) is 9.59 Å². The van der Waals surface area contributed by atoms with Crippen molar-refractivity contribution in [3.8, 4) is 17.3 Å². The van der Waals surface area contributed by atoms with E-state index in [9.17, 15) is 9.59 Å². The summed E-state index contributed by atoms with van der Waals surface area (Å²) < 4.78 is 20.8. The molecule has 0 unspecified atom stereocenters. The Labute approximate surface area is 149 Å². The van der Waals surface area contributed by atoms with Gasteiger partial charge in [0.05, 0.1) is 19.8 Å². The van der Waals surface area contributed by atoms with Crippen LogP contribution in [0.3, 0.4) is 0 Å². The predicted molar refractivity (Wildman–Crippen MR) is 90.7 cm³/mol. The molecule has 0 radical (unpaired) electrons. The number of carbonyl (C=O) groups excluding carboxylic acids is 2. The van der Waals surface area contributed by atoms with Gasteiger partial charge in [-0.2, -0.15) is 0 Å². The van der Waals surface area contributed by atoms with Gasteiger partial charge in [-0.1, -0.05) is 5.16 Å². The van der Waals surface area contributed by atoms with E-state index in [4.69, 9.17) is 18.4 Å². The Morgan fingerprint density at radius 1 is 1.15 bits per heavy atom. The van der Waals surface area contributed by atoms with Gasteiger partial charge in [-0.25, -0.2) is 0 Å². The quantitative estimate of drug-likeness (QED) is 0.473. The molecule has 3 aromatic rings. The van der Waals surface area contributed by atoms with Crippen LogP contribution >= 0.6 is 0 Å². The molecule has 0 spiro atoms. The summed E-state index contributed by atoms with van der Waals surface area (Å²) in [7, 11) is 1.50. The standard InChI is InChI=1S/C19H17NO6/c1-12(21)13-5-6-16(23-2)14(8-13)9-19(22)25-11-15-10-18(26-20-15)17-4-3-7-24-17/h3-8,10H,9,11H2,1-2H3. The molecule has 0 saturated carbocycles. The predicted octanol–water partition coefficient (Wildman–Crippen LogP) is 3.43. The van der Waals surface area contributed by atoms with Crippen LogP contribution in [0.25, 0.3) is 11.5 Å². The van der Waals surface area contributed by atoms with Crippen LogP contribution in [-0.4, -0.2) is 24.0 Å². The van der Waals surface area contributed by atoms with Crippen LogP contribution in [0.4, 0.5) is 0 Å². The zero-order valence-electron chi connectivity index (χ0n) is 14.4. The number of ketones is 1. The van der Waals surface area contributed by atoms with Crippen LogP contribution in [-0.2, 0) is 22.6 Å². The van der Waals surface area contributed by atoms with Crippen LogP contribution in [0, 0.1) is 0 Å². The summed E-state index contributed by atoms with van der Waals surface area (Å²) in [6.45, 7) is 1.43. The molecule has 0 saturated heterocycles. The Morgan fingerprint density at radius 2 is 2.00 bits per heavy atom. The van der Waals surface area contributed by atoms with E-state index in [0.29, 0.717) is 34.1 Å². The van der Waals surface area contributed by atoms with Gasteiger partial charge in [0.2, 0.25) is 5.76 Å². The van der Waals surface area contributed by atoms with Crippen molar-refractivity contribution < 1.29 is 28.0 Å². The fraction of sp³-hybridized carbons (Fsp3) is 0.211. The summed E-state index contributed by atoms with van der Waals surface area (Å²) in [5, 5.41) is 3.84. The Morgan fingerprint density at radius 3 is 2.69 bits per heavy atom. The van der Waals surface area contributed by atoms with Gasteiger partial charge in [0.1, 0.15) is 18.1 Å². The normalized spacial score (nSPS) is 10.5. The number of methoxy groups -OCH3 is 1. The highest BCUT2D eigenvalue weighted by molar-refractivity contribution is 5.94. The van der Waals surface area contributed by atoms with Crippen LogP contribution in [0.5, 0.6) is 5.75 Å². The zero-order chi connectivity index (χ0) is 18.5. The third kappa shape index (κ3) is 4.00. The van der Waals surface area contributed by atoms with E-state index in [-0.39, 0.29) is 18.8 Å². The van der Waals surface area contributed by atoms with Crippen molar-refractivity contribution in [3.05, 3.63) is 59.5 Å². The average Bonchev–Trinajstić information content (AvgIpc) is 3.31. The number of esters is 1. The molecule has 0 N–H and O–H groups in total. The number of furan rings is 1. The van der Waals surface area contributed by atoms with Crippen LogP contribution in [0.15, 0.2) is 51.6 Å². The van der Waals surface area contributed by atoms with Crippen LogP contribution < -0.4 is 4.74 Å². The molecule has 1 aromatic carbocycles. The number of rotatable bonds is 7. The van der Waals surface area contributed by atoms with Gasteiger partial charge in [0.15, 0.2) is 11.5 Å². The van der Waals surface area contributed by atoms with E-state index in [1.54, 1.807) is 36.4 Å².